The van der Waals surface area contributed by atoms with Crippen LogP contribution in [0, 0.1) is 17.4 Å². The predicted molar refractivity (Wildman–Crippen MR) is 71.5 cm³/mol. The minimum atomic E-state index is -0.237. The SMILES string of the molecule is Cc1c(-c2ccccc2F)[nH]c(C2CC2)nc1=S. The summed E-state index contributed by atoms with van der Waals surface area (Å²) in [5, 5.41) is 0. The quantitative estimate of drug-likeness (QED) is 0.822. The summed E-state index contributed by atoms with van der Waals surface area (Å²) < 4.78 is 14.4. The fraction of sp³-hybridized carbons (Fsp3) is 0.286. The van der Waals surface area contributed by atoms with Gasteiger partial charge in [0.25, 0.3) is 0 Å². The number of aromatic amines is 1. The Morgan fingerprint density at radius 3 is 2.72 bits per heavy atom. The first kappa shape index (κ1) is 11.5. The summed E-state index contributed by atoms with van der Waals surface area (Å²) in [7, 11) is 0. The van der Waals surface area contributed by atoms with Gasteiger partial charge in [0, 0.05) is 17.0 Å². The number of halogens is 1. The van der Waals surface area contributed by atoms with E-state index in [4.69, 9.17) is 12.2 Å². The number of aromatic nitrogens is 2. The molecule has 0 amide bonds. The zero-order valence-electron chi connectivity index (χ0n) is 10.0. The molecular weight excluding hydrogens is 247 g/mol. The van der Waals surface area contributed by atoms with Gasteiger partial charge >= 0.3 is 0 Å². The second-order valence-corrected chi connectivity index (χ2v) is 5.07. The highest BCUT2D eigenvalue weighted by molar-refractivity contribution is 7.71. The molecule has 18 heavy (non-hydrogen) atoms. The van der Waals surface area contributed by atoms with Gasteiger partial charge in [0.1, 0.15) is 16.3 Å². The van der Waals surface area contributed by atoms with Gasteiger partial charge in [-0.1, -0.05) is 24.4 Å². The summed E-state index contributed by atoms with van der Waals surface area (Å²) >= 11 is 5.26. The highest BCUT2D eigenvalue weighted by Crippen LogP contribution is 2.39. The summed E-state index contributed by atoms with van der Waals surface area (Å²) in [5.74, 6) is 1.13. The van der Waals surface area contributed by atoms with E-state index >= 15 is 0 Å². The van der Waals surface area contributed by atoms with Crippen molar-refractivity contribution in [3.05, 3.63) is 46.1 Å². The third-order valence-electron chi connectivity index (χ3n) is 3.28. The van der Waals surface area contributed by atoms with E-state index in [1.165, 1.54) is 6.07 Å². The van der Waals surface area contributed by atoms with Crippen molar-refractivity contribution in [2.24, 2.45) is 0 Å². The number of hydrogen-bond acceptors (Lipinski definition) is 2. The summed E-state index contributed by atoms with van der Waals surface area (Å²) in [5.41, 5.74) is 2.15. The molecule has 2 aromatic rings. The number of benzene rings is 1. The minimum Gasteiger partial charge on any atom is -0.343 e. The van der Waals surface area contributed by atoms with Gasteiger partial charge in [-0.3, -0.25) is 0 Å². The molecule has 1 saturated carbocycles. The van der Waals surface area contributed by atoms with Gasteiger partial charge in [0.2, 0.25) is 0 Å². The van der Waals surface area contributed by atoms with E-state index < -0.39 is 0 Å². The van der Waals surface area contributed by atoms with E-state index in [1.54, 1.807) is 12.1 Å². The summed E-state index contributed by atoms with van der Waals surface area (Å²) in [6, 6.07) is 6.74. The van der Waals surface area contributed by atoms with Crippen LogP contribution in [0.15, 0.2) is 24.3 Å². The lowest BCUT2D eigenvalue weighted by atomic mass is 10.1. The van der Waals surface area contributed by atoms with Gasteiger partial charge in [0.05, 0.1) is 5.69 Å². The van der Waals surface area contributed by atoms with Gasteiger partial charge in [-0.05, 0) is 31.9 Å². The van der Waals surface area contributed by atoms with Crippen LogP contribution in [0.3, 0.4) is 0 Å². The molecule has 1 aliphatic rings. The molecule has 1 fully saturated rings. The van der Waals surface area contributed by atoms with E-state index in [0.29, 0.717) is 16.1 Å². The summed E-state index contributed by atoms with van der Waals surface area (Å²) in [4.78, 5) is 7.64. The van der Waals surface area contributed by atoms with Gasteiger partial charge in [0.15, 0.2) is 0 Å². The molecule has 1 heterocycles. The van der Waals surface area contributed by atoms with Gasteiger partial charge in [-0.2, -0.15) is 0 Å². The molecule has 92 valence electrons. The van der Waals surface area contributed by atoms with E-state index in [0.717, 1.165) is 29.9 Å². The third kappa shape index (κ3) is 1.97. The topological polar surface area (TPSA) is 28.7 Å². The van der Waals surface area contributed by atoms with Crippen LogP contribution in [0.25, 0.3) is 11.3 Å². The zero-order chi connectivity index (χ0) is 12.7. The van der Waals surface area contributed by atoms with Crippen molar-refractivity contribution < 1.29 is 4.39 Å². The molecule has 1 aromatic heterocycles. The van der Waals surface area contributed by atoms with Crippen LogP contribution in [0.5, 0.6) is 0 Å². The van der Waals surface area contributed by atoms with Crippen LogP contribution < -0.4 is 0 Å². The van der Waals surface area contributed by atoms with Crippen LogP contribution in [0.2, 0.25) is 0 Å². The second kappa shape index (κ2) is 4.28. The van der Waals surface area contributed by atoms with Crippen molar-refractivity contribution in [3.8, 4) is 11.3 Å². The lowest BCUT2D eigenvalue weighted by Gasteiger charge is -2.10. The highest BCUT2D eigenvalue weighted by Gasteiger charge is 2.27. The van der Waals surface area contributed by atoms with Crippen molar-refractivity contribution in [2.45, 2.75) is 25.7 Å². The maximum absolute atomic E-state index is 13.9. The molecule has 0 aliphatic heterocycles. The van der Waals surface area contributed by atoms with Gasteiger partial charge in [-0.15, -0.1) is 0 Å². The number of nitrogens with zero attached hydrogens (tertiary/aromatic N) is 1. The fourth-order valence-corrected chi connectivity index (χ4v) is 2.23. The summed E-state index contributed by atoms with van der Waals surface area (Å²) in [6.07, 6.45) is 2.27. The predicted octanol–water partition coefficient (Wildman–Crippen LogP) is 4.13. The maximum atomic E-state index is 13.9. The molecule has 1 N–H and O–H groups in total. The van der Waals surface area contributed by atoms with Crippen LogP contribution in [0.1, 0.15) is 30.1 Å². The molecule has 2 nitrogen and oxygen atoms in total. The van der Waals surface area contributed by atoms with E-state index in [9.17, 15) is 4.39 Å². The molecule has 0 saturated heterocycles. The lowest BCUT2D eigenvalue weighted by molar-refractivity contribution is 0.630. The number of H-pyrrole nitrogens is 1. The first-order valence-corrected chi connectivity index (χ1v) is 6.43. The van der Waals surface area contributed by atoms with Crippen molar-refractivity contribution >= 4 is 12.2 Å². The van der Waals surface area contributed by atoms with Gasteiger partial charge < -0.3 is 4.98 Å². The molecule has 1 aromatic carbocycles. The lowest BCUT2D eigenvalue weighted by Crippen LogP contribution is -2.00. The van der Waals surface area contributed by atoms with Crippen LogP contribution >= 0.6 is 12.2 Å². The van der Waals surface area contributed by atoms with Crippen LogP contribution in [-0.2, 0) is 0 Å². The average molecular weight is 260 g/mol. The first-order valence-electron chi connectivity index (χ1n) is 6.02. The van der Waals surface area contributed by atoms with Crippen molar-refractivity contribution in [1.29, 1.82) is 0 Å². The molecule has 1 aliphatic carbocycles. The molecule has 0 unspecified atom stereocenters. The number of rotatable bonds is 2. The molecule has 4 heteroatoms. The first-order chi connectivity index (χ1) is 8.66. The van der Waals surface area contributed by atoms with Crippen LogP contribution in [-0.4, -0.2) is 9.97 Å². The Bertz CT molecular complexity index is 659. The average Bonchev–Trinajstić information content (AvgIpc) is 3.18. The Balaban J connectivity index is 2.22. The Morgan fingerprint density at radius 1 is 1.33 bits per heavy atom. The zero-order valence-corrected chi connectivity index (χ0v) is 10.9. The molecule has 0 spiro atoms. The molecule has 0 radical (unpaired) electrons. The van der Waals surface area contributed by atoms with E-state index in [-0.39, 0.29) is 5.82 Å². The third-order valence-corrected chi connectivity index (χ3v) is 3.68. The van der Waals surface area contributed by atoms with Gasteiger partial charge in [-0.25, -0.2) is 9.37 Å². The normalized spacial score (nSPS) is 14.8. The summed E-state index contributed by atoms with van der Waals surface area (Å²) in [6.45, 7) is 1.88. The monoisotopic (exact) mass is 260 g/mol. The highest BCUT2D eigenvalue weighted by atomic mass is 32.1. The molecule has 0 atom stereocenters. The van der Waals surface area contributed by atoms with Crippen LogP contribution in [0.4, 0.5) is 4.39 Å². The maximum Gasteiger partial charge on any atom is 0.133 e. The number of hydrogen-bond donors (Lipinski definition) is 1. The largest absolute Gasteiger partial charge is 0.343 e. The minimum absolute atomic E-state index is 0.237. The fourth-order valence-electron chi connectivity index (χ4n) is 2.03. The van der Waals surface area contributed by atoms with Crippen molar-refractivity contribution in [1.82, 2.24) is 9.97 Å². The van der Waals surface area contributed by atoms with Crippen molar-refractivity contribution in [2.75, 3.05) is 0 Å². The standard InChI is InChI=1S/C14H13FN2S/c1-8-12(10-4-2-3-5-11(10)15)16-13(9-6-7-9)17-14(8)18/h2-5,9H,6-7H2,1H3,(H,16,17,18). The Labute approximate surface area is 110 Å². The van der Waals surface area contributed by atoms with Crippen molar-refractivity contribution in [3.63, 3.8) is 0 Å². The molecule has 0 bridgehead atoms. The van der Waals surface area contributed by atoms with E-state index in [2.05, 4.69) is 9.97 Å². The Hall–Kier alpha value is -1.55. The van der Waals surface area contributed by atoms with E-state index in [1.807, 2.05) is 13.0 Å². The smallest absolute Gasteiger partial charge is 0.133 e. The number of nitrogens with one attached hydrogen (secondary N) is 1. The molecular formula is C14H13FN2S. The Morgan fingerprint density at radius 2 is 2.06 bits per heavy atom. The Kier molecular flexibility index (Phi) is 2.74. The second-order valence-electron chi connectivity index (χ2n) is 4.68. The molecule has 3 rings (SSSR count).